The van der Waals surface area contributed by atoms with E-state index in [1.165, 1.54) is 8.87 Å². The Morgan fingerprint density at radius 1 is 1.07 bits per heavy atom. The fraction of sp³-hybridized carbons (Fsp3) is 0.364. The van der Waals surface area contributed by atoms with Crippen LogP contribution in [0.3, 0.4) is 0 Å². The van der Waals surface area contributed by atoms with E-state index in [2.05, 4.69) is 0 Å². The Hall–Kier alpha value is -2.71. The first-order valence-corrected chi connectivity index (χ1v) is 11.7. The van der Waals surface area contributed by atoms with E-state index in [-0.39, 0.29) is 17.9 Å². The predicted octanol–water partition coefficient (Wildman–Crippen LogP) is 3.52. The number of para-hydroxylation sites is 1. The zero-order valence-electron chi connectivity index (χ0n) is 17.7. The molecule has 0 amide bonds. The predicted molar refractivity (Wildman–Crippen MR) is 119 cm³/mol. The van der Waals surface area contributed by atoms with Gasteiger partial charge in [0, 0.05) is 6.54 Å². The minimum absolute atomic E-state index is 0.0218. The third-order valence-electron chi connectivity index (χ3n) is 5.05. The van der Waals surface area contributed by atoms with Crippen LogP contribution in [0.15, 0.2) is 53.3 Å². The van der Waals surface area contributed by atoms with E-state index in [9.17, 15) is 13.2 Å². The summed E-state index contributed by atoms with van der Waals surface area (Å²) in [6.07, 6.45) is 0. The Morgan fingerprint density at radius 3 is 2.33 bits per heavy atom. The molecule has 7 nitrogen and oxygen atoms in total. The summed E-state index contributed by atoms with van der Waals surface area (Å²) in [4.78, 5) is 18.1. The summed E-state index contributed by atoms with van der Waals surface area (Å²) in [5.74, 6) is 1.05. The number of ether oxygens (including phenoxy) is 1. The molecular weight excluding hydrogens is 402 g/mol. The Kier molecular flexibility index (Phi) is 6.58. The second-order valence-electron chi connectivity index (χ2n) is 6.83. The highest BCUT2D eigenvalue weighted by Gasteiger charge is 2.29. The molecule has 160 valence electrons. The van der Waals surface area contributed by atoms with Crippen LogP contribution in [0.5, 0.6) is 5.75 Å². The van der Waals surface area contributed by atoms with Gasteiger partial charge in [-0.3, -0.25) is 9.36 Å². The van der Waals surface area contributed by atoms with E-state index in [0.29, 0.717) is 34.8 Å². The van der Waals surface area contributed by atoms with Crippen molar-refractivity contribution in [3.05, 3.63) is 64.7 Å². The maximum absolute atomic E-state index is 13.4. The summed E-state index contributed by atoms with van der Waals surface area (Å²) in [6.45, 7) is 7.88. The SMILES string of the molecule is CCOc1ccc(-n2c([C@@H](C)N(CC)S(=O)(=O)CC)nc3ccccc3c2=O)cc1. The molecule has 0 radical (unpaired) electrons. The second kappa shape index (κ2) is 8.97. The number of fused-ring (bicyclic) bond motifs is 1. The molecule has 0 spiro atoms. The standard InChI is InChI=1S/C22H27N3O4S/c1-5-24(30(27,28)7-3)16(4)21-23-20-11-9-8-10-19(20)22(26)25(21)17-12-14-18(15-13-17)29-6-2/h8-16H,5-7H2,1-4H3/t16-/m1/s1. The van der Waals surface area contributed by atoms with Crippen molar-refractivity contribution in [1.82, 2.24) is 13.9 Å². The van der Waals surface area contributed by atoms with E-state index in [4.69, 9.17) is 9.72 Å². The third kappa shape index (κ3) is 4.11. The van der Waals surface area contributed by atoms with Crippen LogP contribution in [0.1, 0.15) is 39.6 Å². The Labute approximate surface area is 177 Å². The molecule has 1 atom stereocenters. The lowest BCUT2D eigenvalue weighted by atomic mass is 10.2. The van der Waals surface area contributed by atoms with E-state index >= 15 is 0 Å². The van der Waals surface area contributed by atoms with Gasteiger partial charge in [-0.25, -0.2) is 13.4 Å². The first-order valence-electron chi connectivity index (χ1n) is 10.1. The number of hydrogen-bond acceptors (Lipinski definition) is 5. The first kappa shape index (κ1) is 22.0. The minimum Gasteiger partial charge on any atom is -0.494 e. The highest BCUT2D eigenvalue weighted by molar-refractivity contribution is 7.89. The number of benzene rings is 2. The fourth-order valence-electron chi connectivity index (χ4n) is 3.54. The van der Waals surface area contributed by atoms with Gasteiger partial charge in [-0.05, 0) is 57.2 Å². The van der Waals surface area contributed by atoms with E-state index < -0.39 is 16.1 Å². The molecule has 0 saturated heterocycles. The summed E-state index contributed by atoms with van der Waals surface area (Å²) in [6, 6.07) is 13.6. The number of hydrogen-bond donors (Lipinski definition) is 0. The van der Waals surface area contributed by atoms with Gasteiger partial charge in [0.05, 0.1) is 35.0 Å². The summed E-state index contributed by atoms with van der Waals surface area (Å²) >= 11 is 0. The molecule has 8 heteroatoms. The average Bonchev–Trinajstić information content (AvgIpc) is 2.75. The van der Waals surface area contributed by atoms with Gasteiger partial charge < -0.3 is 4.74 Å². The summed E-state index contributed by atoms with van der Waals surface area (Å²) in [5.41, 5.74) is 0.904. The number of rotatable bonds is 8. The molecule has 3 aromatic rings. The molecule has 1 aromatic heterocycles. The van der Waals surface area contributed by atoms with E-state index in [1.807, 2.05) is 13.0 Å². The van der Waals surface area contributed by atoms with Gasteiger partial charge in [-0.1, -0.05) is 19.1 Å². The molecule has 3 rings (SSSR count). The summed E-state index contributed by atoms with van der Waals surface area (Å²) in [5, 5.41) is 0.476. The topological polar surface area (TPSA) is 81.5 Å². The molecule has 0 unspecified atom stereocenters. The average molecular weight is 430 g/mol. The largest absolute Gasteiger partial charge is 0.494 e. The van der Waals surface area contributed by atoms with Crippen LogP contribution in [0, 0.1) is 0 Å². The van der Waals surface area contributed by atoms with E-state index in [1.54, 1.807) is 63.2 Å². The van der Waals surface area contributed by atoms with Crippen molar-refractivity contribution < 1.29 is 13.2 Å². The fourth-order valence-corrected chi connectivity index (χ4v) is 4.84. The zero-order chi connectivity index (χ0) is 21.9. The first-order chi connectivity index (χ1) is 14.3. The normalized spacial score (nSPS) is 13.0. The molecular formula is C22H27N3O4S. The lowest BCUT2D eigenvalue weighted by Crippen LogP contribution is -2.38. The van der Waals surface area contributed by atoms with Crippen molar-refractivity contribution in [3.63, 3.8) is 0 Å². The third-order valence-corrected chi connectivity index (χ3v) is 7.07. The number of nitrogens with zero attached hydrogens (tertiary/aromatic N) is 3. The summed E-state index contributed by atoms with van der Waals surface area (Å²) in [7, 11) is -3.48. The monoisotopic (exact) mass is 429 g/mol. The maximum Gasteiger partial charge on any atom is 0.266 e. The van der Waals surface area contributed by atoms with Crippen molar-refractivity contribution in [3.8, 4) is 11.4 Å². The Morgan fingerprint density at radius 2 is 1.73 bits per heavy atom. The zero-order valence-corrected chi connectivity index (χ0v) is 18.5. The van der Waals surface area contributed by atoms with Crippen molar-refractivity contribution in [2.24, 2.45) is 0 Å². The quantitative estimate of drug-likeness (QED) is 0.547. The van der Waals surface area contributed by atoms with Crippen LogP contribution in [0.25, 0.3) is 16.6 Å². The molecule has 0 fully saturated rings. The number of sulfonamides is 1. The molecule has 1 heterocycles. The van der Waals surface area contributed by atoms with Crippen molar-refractivity contribution >= 4 is 20.9 Å². The highest BCUT2D eigenvalue weighted by atomic mass is 32.2. The Bertz CT molecular complexity index is 1190. The smallest absolute Gasteiger partial charge is 0.266 e. The molecule has 0 N–H and O–H groups in total. The van der Waals surface area contributed by atoms with Crippen molar-refractivity contribution in [2.75, 3.05) is 18.9 Å². The molecule has 0 aliphatic rings. The van der Waals surface area contributed by atoms with Gasteiger partial charge in [0.1, 0.15) is 11.6 Å². The van der Waals surface area contributed by atoms with Crippen LogP contribution in [0.2, 0.25) is 0 Å². The molecule has 0 aliphatic heterocycles. The van der Waals surface area contributed by atoms with Gasteiger partial charge in [0.25, 0.3) is 5.56 Å². The van der Waals surface area contributed by atoms with E-state index in [0.717, 1.165) is 0 Å². The molecule has 0 aliphatic carbocycles. The van der Waals surface area contributed by atoms with Crippen LogP contribution >= 0.6 is 0 Å². The molecule has 0 bridgehead atoms. The second-order valence-corrected chi connectivity index (χ2v) is 9.04. The van der Waals surface area contributed by atoms with Gasteiger partial charge in [-0.2, -0.15) is 4.31 Å². The lowest BCUT2D eigenvalue weighted by Gasteiger charge is -2.28. The maximum atomic E-state index is 13.4. The molecule has 0 saturated carbocycles. The molecule has 30 heavy (non-hydrogen) atoms. The summed E-state index contributed by atoms with van der Waals surface area (Å²) < 4.78 is 33.7. The van der Waals surface area contributed by atoms with Crippen LogP contribution in [0.4, 0.5) is 0 Å². The number of aromatic nitrogens is 2. The van der Waals surface area contributed by atoms with Gasteiger partial charge >= 0.3 is 0 Å². The van der Waals surface area contributed by atoms with Gasteiger partial charge in [0.15, 0.2) is 0 Å². The molecule has 2 aromatic carbocycles. The van der Waals surface area contributed by atoms with Crippen molar-refractivity contribution in [1.29, 1.82) is 0 Å². The van der Waals surface area contributed by atoms with Gasteiger partial charge in [-0.15, -0.1) is 0 Å². The lowest BCUT2D eigenvalue weighted by molar-refractivity contribution is 0.339. The Balaban J connectivity index is 2.27. The van der Waals surface area contributed by atoms with Crippen LogP contribution in [-0.4, -0.2) is 41.2 Å². The minimum atomic E-state index is -3.48. The van der Waals surface area contributed by atoms with Crippen LogP contribution in [-0.2, 0) is 10.0 Å². The van der Waals surface area contributed by atoms with Gasteiger partial charge in [0.2, 0.25) is 10.0 Å². The highest BCUT2D eigenvalue weighted by Crippen LogP contribution is 2.25. The van der Waals surface area contributed by atoms with Crippen molar-refractivity contribution in [2.45, 2.75) is 33.7 Å². The van der Waals surface area contributed by atoms with Crippen LogP contribution < -0.4 is 10.3 Å².